The molecule has 0 aliphatic rings. The number of hydrogen-bond donors (Lipinski definition) is 1. The van der Waals surface area contributed by atoms with Crippen molar-refractivity contribution in [3.05, 3.63) is 70.7 Å². The van der Waals surface area contributed by atoms with E-state index < -0.39 is 5.97 Å². The van der Waals surface area contributed by atoms with Gasteiger partial charge < -0.3 is 10.1 Å². The van der Waals surface area contributed by atoms with Crippen molar-refractivity contribution < 1.29 is 14.3 Å². The molecule has 0 radical (unpaired) electrons. The molecule has 4 nitrogen and oxygen atoms in total. The minimum atomic E-state index is -0.408. The van der Waals surface area contributed by atoms with Crippen molar-refractivity contribution in [1.29, 1.82) is 0 Å². The van der Waals surface area contributed by atoms with Crippen molar-refractivity contribution in [1.82, 2.24) is 5.32 Å². The van der Waals surface area contributed by atoms with E-state index in [-0.39, 0.29) is 23.5 Å². The molecule has 0 heterocycles. The van der Waals surface area contributed by atoms with Crippen LogP contribution < -0.4 is 5.32 Å². The lowest BCUT2D eigenvalue weighted by Gasteiger charge is -2.17. The normalized spacial score (nSPS) is 11.9. The molecule has 0 spiro atoms. The fourth-order valence-corrected chi connectivity index (χ4v) is 3.57. The predicted octanol–water partition coefficient (Wildman–Crippen LogP) is 4.48. The van der Waals surface area contributed by atoms with E-state index in [1.807, 2.05) is 68.4 Å². The second-order valence-electron chi connectivity index (χ2n) is 6.51. The summed E-state index contributed by atoms with van der Waals surface area (Å²) in [7, 11) is 0. The maximum atomic E-state index is 12.1. The number of nitrogens with one attached hydrogen (secondary N) is 1. The average molecular weight is 406 g/mol. The highest BCUT2D eigenvalue weighted by molar-refractivity contribution is 8.00. The summed E-state index contributed by atoms with van der Waals surface area (Å²) in [6.07, 6.45) is 0. The molecule has 27 heavy (non-hydrogen) atoms. The number of thioether (sulfide) groups is 1. The molecule has 6 heteroatoms. The standard InChI is InChI=1S/C21H24ClNO3S/c1-15(2)12-23-19(24)13-26-20(25)14-27-21(16-6-4-3-5-7-16)17-8-10-18(22)11-9-17/h3-11,15,21H,12-14H2,1-2H3,(H,23,24)/t21-/m0/s1. The van der Waals surface area contributed by atoms with Crippen molar-refractivity contribution in [3.63, 3.8) is 0 Å². The van der Waals surface area contributed by atoms with Gasteiger partial charge in [-0.25, -0.2) is 0 Å². The lowest BCUT2D eigenvalue weighted by atomic mass is 10.0. The SMILES string of the molecule is CC(C)CNC(=O)COC(=O)CS[C@@H](c1ccccc1)c1ccc(Cl)cc1. The van der Waals surface area contributed by atoms with Gasteiger partial charge >= 0.3 is 5.97 Å². The van der Waals surface area contributed by atoms with Crippen LogP contribution in [0.15, 0.2) is 54.6 Å². The van der Waals surface area contributed by atoms with Crippen LogP contribution in [-0.4, -0.2) is 30.8 Å². The van der Waals surface area contributed by atoms with Crippen LogP contribution >= 0.6 is 23.4 Å². The Morgan fingerprint density at radius 1 is 1.04 bits per heavy atom. The molecule has 0 aliphatic carbocycles. The Hall–Kier alpha value is -1.98. The Labute approximate surface area is 169 Å². The number of halogens is 1. The van der Waals surface area contributed by atoms with Crippen molar-refractivity contribution in [2.24, 2.45) is 5.92 Å². The highest BCUT2D eigenvalue weighted by Gasteiger charge is 2.17. The van der Waals surface area contributed by atoms with Crippen LogP contribution in [0.4, 0.5) is 0 Å². The zero-order valence-electron chi connectivity index (χ0n) is 15.5. The van der Waals surface area contributed by atoms with Gasteiger partial charge in [-0.2, -0.15) is 0 Å². The molecule has 144 valence electrons. The third kappa shape index (κ3) is 7.65. The minimum absolute atomic E-state index is 0.0224. The minimum Gasteiger partial charge on any atom is -0.455 e. The second kappa shape index (κ2) is 11.0. The summed E-state index contributed by atoms with van der Waals surface area (Å²) in [5.41, 5.74) is 2.14. The molecule has 0 fully saturated rings. The Kier molecular flexibility index (Phi) is 8.69. The van der Waals surface area contributed by atoms with E-state index in [1.54, 1.807) is 0 Å². The molecule has 1 amide bonds. The number of benzene rings is 2. The van der Waals surface area contributed by atoms with Gasteiger partial charge in [0.2, 0.25) is 0 Å². The predicted molar refractivity (Wildman–Crippen MR) is 111 cm³/mol. The van der Waals surface area contributed by atoms with Gasteiger partial charge in [-0.15, -0.1) is 11.8 Å². The Morgan fingerprint density at radius 2 is 1.67 bits per heavy atom. The number of rotatable bonds is 9. The second-order valence-corrected chi connectivity index (χ2v) is 8.04. The van der Waals surface area contributed by atoms with E-state index in [4.69, 9.17) is 16.3 Å². The first kappa shape index (κ1) is 21.3. The zero-order chi connectivity index (χ0) is 19.6. The number of carbonyl (C=O) groups excluding carboxylic acids is 2. The summed E-state index contributed by atoms with van der Waals surface area (Å²) in [5.74, 6) is -0.181. The van der Waals surface area contributed by atoms with Crippen LogP contribution in [0.25, 0.3) is 0 Å². The molecular formula is C21H24ClNO3S. The Bertz CT molecular complexity index is 735. The van der Waals surface area contributed by atoms with Gasteiger partial charge in [-0.3, -0.25) is 9.59 Å². The van der Waals surface area contributed by atoms with Crippen LogP contribution in [0, 0.1) is 5.92 Å². The number of esters is 1. The molecule has 0 bridgehead atoms. The van der Waals surface area contributed by atoms with Gasteiger partial charge in [0.15, 0.2) is 6.61 Å². The fourth-order valence-electron chi connectivity index (χ4n) is 2.36. The summed E-state index contributed by atoms with van der Waals surface area (Å²) < 4.78 is 5.08. The quantitative estimate of drug-likeness (QED) is 0.625. The Morgan fingerprint density at radius 3 is 2.30 bits per heavy atom. The van der Waals surface area contributed by atoms with Gasteiger partial charge in [0.25, 0.3) is 5.91 Å². The maximum Gasteiger partial charge on any atom is 0.316 e. The molecule has 2 rings (SSSR count). The van der Waals surface area contributed by atoms with Crippen molar-refractivity contribution in [3.8, 4) is 0 Å². The first-order valence-corrected chi connectivity index (χ1v) is 10.2. The number of carbonyl (C=O) groups is 2. The van der Waals surface area contributed by atoms with Crippen LogP contribution in [0.2, 0.25) is 5.02 Å². The third-order valence-electron chi connectivity index (χ3n) is 3.71. The van der Waals surface area contributed by atoms with Gasteiger partial charge in [0, 0.05) is 11.6 Å². The number of amides is 1. The number of hydrogen-bond acceptors (Lipinski definition) is 4. The average Bonchev–Trinajstić information content (AvgIpc) is 2.67. The molecule has 0 aliphatic heterocycles. The third-order valence-corrected chi connectivity index (χ3v) is 5.25. The largest absolute Gasteiger partial charge is 0.455 e. The smallest absolute Gasteiger partial charge is 0.316 e. The molecule has 0 unspecified atom stereocenters. The van der Waals surface area contributed by atoms with E-state index in [9.17, 15) is 9.59 Å². The summed E-state index contributed by atoms with van der Waals surface area (Å²) >= 11 is 7.45. The first-order chi connectivity index (χ1) is 13.0. The topological polar surface area (TPSA) is 55.4 Å². The zero-order valence-corrected chi connectivity index (χ0v) is 17.1. The summed E-state index contributed by atoms with van der Waals surface area (Å²) in [6.45, 7) is 4.33. The fraction of sp³-hybridized carbons (Fsp3) is 0.333. The summed E-state index contributed by atoms with van der Waals surface area (Å²) in [6, 6.07) is 17.5. The van der Waals surface area contributed by atoms with Gasteiger partial charge in [-0.05, 0) is 29.2 Å². The van der Waals surface area contributed by atoms with E-state index in [2.05, 4.69) is 5.32 Å². The van der Waals surface area contributed by atoms with Crippen LogP contribution in [0.3, 0.4) is 0 Å². The van der Waals surface area contributed by atoms with E-state index in [0.717, 1.165) is 11.1 Å². The molecule has 1 atom stereocenters. The molecule has 0 saturated carbocycles. The molecular weight excluding hydrogens is 382 g/mol. The summed E-state index contributed by atoms with van der Waals surface area (Å²) in [5, 5.41) is 3.37. The lowest BCUT2D eigenvalue weighted by Crippen LogP contribution is -2.31. The first-order valence-electron chi connectivity index (χ1n) is 8.80. The van der Waals surface area contributed by atoms with E-state index in [1.165, 1.54) is 11.8 Å². The van der Waals surface area contributed by atoms with Crippen LogP contribution in [-0.2, 0) is 14.3 Å². The molecule has 1 N–H and O–H groups in total. The highest BCUT2D eigenvalue weighted by atomic mass is 35.5. The molecule has 2 aromatic rings. The van der Waals surface area contributed by atoms with Gasteiger partial charge in [0.05, 0.1) is 11.0 Å². The number of ether oxygens (including phenoxy) is 1. The maximum absolute atomic E-state index is 12.1. The van der Waals surface area contributed by atoms with Gasteiger partial charge in [-0.1, -0.05) is 67.9 Å². The van der Waals surface area contributed by atoms with Gasteiger partial charge in [0.1, 0.15) is 0 Å². The molecule has 2 aromatic carbocycles. The lowest BCUT2D eigenvalue weighted by molar-refractivity contribution is -0.145. The Balaban J connectivity index is 1.93. The summed E-state index contributed by atoms with van der Waals surface area (Å²) in [4.78, 5) is 23.7. The van der Waals surface area contributed by atoms with Crippen molar-refractivity contribution >= 4 is 35.2 Å². The van der Waals surface area contributed by atoms with Crippen LogP contribution in [0.5, 0.6) is 0 Å². The van der Waals surface area contributed by atoms with E-state index >= 15 is 0 Å². The monoisotopic (exact) mass is 405 g/mol. The van der Waals surface area contributed by atoms with Crippen molar-refractivity contribution in [2.45, 2.75) is 19.1 Å². The van der Waals surface area contributed by atoms with Crippen LogP contribution in [0.1, 0.15) is 30.2 Å². The van der Waals surface area contributed by atoms with E-state index in [0.29, 0.717) is 17.5 Å². The highest BCUT2D eigenvalue weighted by Crippen LogP contribution is 2.36. The molecule has 0 aromatic heterocycles. The van der Waals surface area contributed by atoms with Crippen molar-refractivity contribution in [2.75, 3.05) is 18.9 Å². The molecule has 0 saturated heterocycles.